The number of alkyl halides is 1. The number of imidazole rings is 1. The third kappa shape index (κ3) is 2.63. The first-order chi connectivity index (χ1) is 10.2. The number of hydrogen-bond donors (Lipinski definition) is 0. The molecule has 2 aromatic heterocycles. The van der Waals surface area contributed by atoms with E-state index >= 15 is 0 Å². The fourth-order valence-corrected chi connectivity index (χ4v) is 2.96. The van der Waals surface area contributed by atoms with Crippen LogP contribution in [0.5, 0.6) is 0 Å². The second-order valence-corrected chi connectivity index (χ2v) is 5.66. The average Bonchev–Trinajstić information content (AvgIpc) is 2.87. The number of aryl methyl sites for hydroxylation is 1. The number of benzene rings is 1. The summed E-state index contributed by atoms with van der Waals surface area (Å²) in [5, 5.41) is 0.662. The second-order valence-electron chi connectivity index (χ2n) is 4.88. The lowest BCUT2D eigenvalue weighted by molar-refractivity contribution is 0.607. The van der Waals surface area contributed by atoms with Gasteiger partial charge in [0.05, 0.1) is 22.3 Å². The van der Waals surface area contributed by atoms with E-state index in [1.807, 2.05) is 36.4 Å². The lowest BCUT2D eigenvalue weighted by Gasteiger charge is -2.17. The zero-order valence-corrected chi connectivity index (χ0v) is 13.1. The summed E-state index contributed by atoms with van der Waals surface area (Å²) in [6.45, 7) is 2.11. The molecule has 108 valence electrons. The van der Waals surface area contributed by atoms with Gasteiger partial charge in [0.1, 0.15) is 11.3 Å². The Balaban J connectivity index is 2.20. The Labute approximate surface area is 133 Å². The lowest BCUT2D eigenvalue weighted by atomic mass is 10.2. The molecule has 0 saturated carbocycles. The van der Waals surface area contributed by atoms with Crippen LogP contribution in [0, 0.1) is 0 Å². The molecule has 1 atom stereocenters. The molecule has 0 radical (unpaired) electrons. The fourth-order valence-electron chi connectivity index (χ4n) is 2.58. The van der Waals surface area contributed by atoms with Crippen LogP contribution < -0.4 is 0 Å². The maximum Gasteiger partial charge on any atom is 0.111 e. The monoisotopic (exact) mass is 319 g/mol. The van der Waals surface area contributed by atoms with Crippen molar-refractivity contribution in [2.45, 2.75) is 19.4 Å². The van der Waals surface area contributed by atoms with E-state index < -0.39 is 0 Å². The van der Waals surface area contributed by atoms with Crippen molar-refractivity contribution in [1.29, 1.82) is 0 Å². The van der Waals surface area contributed by atoms with E-state index in [9.17, 15) is 0 Å². The van der Waals surface area contributed by atoms with Crippen molar-refractivity contribution in [1.82, 2.24) is 14.5 Å². The van der Waals surface area contributed by atoms with E-state index in [1.54, 1.807) is 6.20 Å². The number of pyridine rings is 1. The van der Waals surface area contributed by atoms with Crippen LogP contribution in [0.25, 0.3) is 11.0 Å². The molecule has 3 nitrogen and oxygen atoms in total. The summed E-state index contributed by atoms with van der Waals surface area (Å²) in [7, 11) is 0. The Kier molecular flexibility index (Phi) is 4.13. The highest BCUT2D eigenvalue weighted by Gasteiger charge is 2.18. The van der Waals surface area contributed by atoms with E-state index in [1.165, 1.54) is 0 Å². The van der Waals surface area contributed by atoms with Crippen molar-refractivity contribution in [2.24, 2.45) is 0 Å². The zero-order chi connectivity index (χ0) is 14.8. The second kappa shape index (κ2) is 6.04. The molecule has 0 amide bonds. The average molecular weight is 320 g/mol. The summed E-state index contributed by atoms with van der Waals surface area (Å²) in [5.41, 5.74) is 2.83. The number of aromatic nitrogens is 3. The summed E-state index contributed by atoms with van der Waals surface area (Å²) in [6.07, 6.45) is 2.50. The number of hydrogen-bond acceptors (Lipinski definition) is 2. The van der Waals surface area contributed by atoms with Crippen molar-refractivity contribution in [3.8, 4) is 0 Å². The highest BCUT2D eigenvalue weighted by atomic mass is 35.5. The summed E-state index contributed by atoms with van der Waals surface area (Å²) < 4.78 is 2.17. The smallest absolute Gasteiger partial charge is 0.111 e. The Hall–Kier alpha value is -1.58. The minimum absolute atomic E-state index is 0.0767. The molecule has 0 bridgehead atoms. The van der Waals surface area contributed by atoms with E-state index in [0.717, 1.165) is 22.6 Å². The molecule has 21 heavy (non-hydrogen) atoms. The van der Waals surface area contributed by atoms with Crippen LogP contribution in [0.3, 0.4) is 0 Å². The van der Waals surface area contributed by atoms with Gasteiger partial charge >= 0.3 is 0 Å². The van der Waals surface area contributed by atoms with Gasteiger partial charge in [0, 0.05) is 18.5 Å². The topological polar surface area (TPSA) is 30.7 Å². The third-order valence-corrected chi connectivity index (χ3v) is 4.06. The number of nitrogens with zero attached hydrogens (tertiary/aromatic N) is 3. The van der Waals surface area contributed by atoms with Gasteiger partial charge < -0.3 is 4.57 Å². The maximum atomic E-state index is 6.27. The maximum absolute atomic E-state index is 6.27. The van der Waals surface area contributed by atoms with Crippen molar-refractivity contribution in [3.05, 3.63) is 59.1 Å². The molecule has 0 saturated heterocycles. The van der Waals surface area contributed by atoms with Crippen LogP contribution in [0.2, 0.25) is 5.02 Å². The molecular weight excluding hydrogens is 305 g/mol. The van der Waals surface area contributed by atoms with Crippen LogP contribution in [0.15, 0.2) is 42.6 Å². The number of fused-ring (bicyclic) bond motifs is 1. The summed E-state index contributed by atoms with van der Waals surface area (Å²) in [4.78, 5) is 9.12. The van der Waals surface area contributed by atoms with Crippen LogP contribution >= 0.6 is 23.2 Å². The molecule has 0 aliphatic carbocycles. The predicted molar refractivity (Wildman–Crippen MR) is 87.2 cm³/mol. The van der Waals surface area contributed by atoms with Crippen LogP contribution in [0.4, 0.5) is 0 Å². The first-order valence-corrected chi connectivity index (χ1v) is 7.76. The van der Waals surface area contributed by atoms with Crippen molar-refractivity contribution >= 4 is 34.2 Å². The van der Waals surface area contributed by atoms with Gasteiger partial charge in [0.15, 0.2) is 0 Å². The van der Waals surface area contributed by atoms with Crippen LogP contribution in [-0.2, 0) is 6.42 Å². The van der Waals surface area contributed by atoms with E-state index in [2.05, 4.69) is 21.5 Å². The van der Waals surface area contributed by atoms with Crippen molar-refractivity contribution in [3.63, 3.8) is 0 Å². The van der Waals surface area contributed by atoms with Gasteiger partial charge in [-0.15, -0.1) is 11.6 Å². The largest absolute Gasteiger partial charge is 0.319 e. The van der Waals surface area contributed by atoms with E-state index in [0.29, 0.717) is 17.3 Å². The molecule has 0 fully saturated rings. The molecule has 3 aromatic rings. The highest BCUT2D eigenvalue weighted by molar-refractivity contribution is 6.34. The van der Waals surface area contributed by atoms with E-state index in [-0.39, 0.29) is 6.04 Å². The molecule has 0 aliphatic rings. The highest BCUT2D eigenvalue weighted by Crippen LogP contribution is 2.29. The van der Waals surface area contributed by atoms with Gasteiger partial charge in [-0.1, -0.05) is 23.7 Å². The SMILES string of the molecule is CC(c1ccccn1)n1c(CCCl)nc2c(Cl)cccc21. The zero-order valence-electron chi connectivity index (χ0n) is 11.6. The number of rotatable bonds is 4. The Bertz CT molecular complexity index is 753. The van der Waals surface area contributed by atoms with Gasteiger partial charge in [0.2, 0.25) is 0 Å². The molecule has 0 N–H and O–H groups in total. The van der Waals surface area contributed by atoms with Crippen LogP contribution in [0.1, 0.15) is 24.5 Å². The fraction of sp³-hybridized carbons (Fsp3) is 0.250. The normalized spacial score (nSPS) is 12.7. The molecule has 0 spiro atoms. The van der Waals surface area contributed by atoms with Crippen molar-refractivity contribution in [2.75, 3.05) is 5.88 Å². The van der Waals surface area contributed by atoms with Crippen molar-refractivity contribution < 1.29 is 0 Å². The Morgan fingerprint density at radius 1 is 1.19 bits per heavy atom. The summed E-state index contributed by atoms with van der Waals surface area (Å²) >= 11 is 12.2. The molecule has 3 rings (SSSR count). The van der Waals surface area contributed by atoms with E-state index in [4.69, 9.17) is 23.2 Å². The van der Waals surface area contributed by atoms with Gasteiger partial charge in [-0.25, -0.2) is 4.98 Å². The standard InChI is InChI=1S/C16H15Cl2N3/c1-11(13-6-2-3-10-19-13)21-14-7-4-5-12(18)16(14)20-15(21)8-9-17/h2-7,10-11H,8-9H2,1H3. The quantitative estimate of drug-likeness (QED) is 0.664. The van der Waals surface area contributed by atoms with Crippen LogP contribution in [-0.4, -0.2) is 20.4 Å². The Morgan fingerprint density at radius 2 is 2.05 bits per heavy atom. The molecule has 1 unspecified atom stereocenters. The molecular formula is C16H15Cl2N3. The number of halogens is 2. The number of para-hydroxylation sites is 1. The lowest BCUT2D eigenvalue weighted by Crippen LogP contribution is -2.12. The van der Waals surface area contributed by atoms with Gasteiger partial charge in [-0.2, -0.15) is 0 Å². The first-order valence-electron chi connectivity index (χ1n) is 6.84. The third-order valence-electron chi connectivity index (χ3n) is 3.57. The van der Waals surface area contributed by atoms with Gasteiger partial charge in [-0.3, -0.25) is 4.98 Å². The molecule has 0 aliphatic heterocycles. The van der Waals surface area contributed by atoms with Gasteiger partial charge in [0.25, 0.3) is 0 Å². The van der Waals surface area contributed by atoms with Gasteiger partial charge in [-0.05, 0) is 31.2 Å². The molecule has 5 heteroatoms. The summed E-state index contributed by atoms with van der Waals surface area (Å²) in [6, 6.07) is 11.8. The first kappa shape index (κ1) is 14.4. The molecule has 2 heterocycles. The summed E-state index contributed by atoms with van der Waals surface area (Å²) in [5.74, 6) is 1.46. The minimum atomic E-state index is 0.0767. The predicted octanol–water partition coefficient (Wildman–Crippen LogP) is 4.48. The minimum Gasteiger partial charge on any atom is -0.319 e. The molecule has 1 aromatic carbocycles. The Morgan fingerprint density at radius 3 is 2.76 bits per heavy atom.